The van der Waals surface area contributed by atoms with Crippen molar-refractivity contribution < 1.29 is 24.3 Å². The van der Waals surface area contributed by atoms with Gasteiger partial charge in [-0.25, -0.2) is 4.98 Å². The summed E-state index contributed by atoms with van der Waals surface area (Å²) in [6.45, 7) is 0.0830. The molecule has 0 saturated carbocycles. The van der Waals surface area contributed by atoms with E-state index in [1.54, 1.807) is 0 Å². The summed E-state index contributed by atoms with van der Waals surface area (Å²) in [4.78, 5) is 48.9. The number of primary amides is 1. The Morgan fingerprint density at radius 2 is 2.05 bits per heavy atom. The van der Waals surface area contributed by atoms with Crippen molar-refractivity contribution in [3.8, 4) is 0 Å². The first-order valence-corrected chi connectivity index (χ1v) is 6.20. The number of aliphatic carboxylic acids is 1. The highest BCUT2D eigenvalue weighted by Crippen LogP contribution is 2.16. The molecule has 0 spiro atoms. The molecule has 9 nitrogen and oxygen atoms in total. The predicted octanol–water partition coefficient (Wildman–Crippen LogP) is -0.886. The van der Waals surface area contributed by atoms with E-state index in [0.29, 0.717) is 0 Å². The maximum atomic E-state index is 12.0. The van der Waals surface area contributed by atoms with Crippen molar-refractivity contribution in [1.82, 2.24) is 9.88 Å². The van der Waals surface area contributed by atoms with Crippen molar-refractivity contribution in [1.29, 1.82) is 0 Å². The summed E-state index contributed by atoms with van der Waals surface area (Å²) >= 11 is 1.01. The van der Waals surface area contributed by atoms with Gasteiger partial charge in [0.15, 0.2) is 5.13 Å². The molecule has 0 aliphatic carbocycles. The molecule has 1 rings (SSSR count). The molecule has 0 atom stereocenters. The van der Waals surface area contributed by atoms with Gasteiger partial charge in [0.1, 0.15) is 18.8 Å². The number of carbonyl (C=O) groups excluding carboxylic acids is 3. The van der Waals surface area contributed by atoms with E-state index >= 15 is 0 Å². The minimum absolute atomic E-state index is 0.0683. The molecule has 0 saturated heterocycles. The highest BCUT2D eigenvalue weighted by molar-refractivity contribution is 7.14. The first kappa shape index (κ1) is 15.6. The lowest BCUT2D eigenvalue weighted by Gasteiger charge is -2.17. The van der Waals surface area contributed by atoms with Crippen molar-refractivity contribution in [2.24, 2.45) is 5.73 Å². The van der Waals surface area contributed by atoms with Gasteiger partial charge in [-0.15, -0.1) is 11.3 Å². The number of nitrogens with zero attached hydrogens (tertiary/aromatic N) is 2. The van der Waals surface area contributed by atoms with E-state index in [4.69, 9.17) is 10.8 Å². The van der Waals surface area contributed by atoms with E-state index in [9.17, 15) is 19.2 Å². The van der Waals surface area contributed by atoms with Gasteiger partial charge in [-0.05, 0) is 0 Å². The van der Waals surface area contributed by atoms with Gasteiger partial charge < -0.3 is 21.1 Å². The van der Waals surface area contributed by atoms with Gasteiger partial charge in [0.05, 0.1) is 0 Å². The van der Waals surface area contributed by atoms with Crippen LogP contribution in [0, 0.1) is 0 Å². The van der Waals surface area contributed by atoms with Gasteiger partial charge in [-0.3, -0.25) is 19.2 Å². The van der Waals surface area contributed by atoms with E-state index in [1.165, 1.54) is 12.3 Å². The molecule has 0 aromatic carbocycles. The number of anilines is 1. The predicted molar refractivity (Wildman–Crippen MR) is 69.2 cm³/mol. The summed E-state index contributed by atoms with van der Waals surface area (Å²) in [5.74, 6) is -3.22. The van der Waals surface area contributed by atoms with E-state index in [0.717, 1.165) is 16.2 Å². The Hall–Kier alpha value is -2.49. The second kappa shape index (κ2) is 6.61. The zero-order valence-electron chi connectivity index (χ0n) is 10.5. The normalized spacial score (nSPS) is 9.85. The fourth-order valence-electron chi connectivity index (χ4n) is 1.29. The lowest BCUT2D eigenvalue weighted by atomic mass is 10.3. The molecule has 0 unspecified atom stereocenters. The Labute approximate surface area is 117 Å². The number of hydrogen-bond acceptors (Lipinski definition) is 6. The summed E-state index contributed by atoms with van der Waals surface area (Å²) in [6.07, 6.45) is 0. The molecule has 0 fully saturated rings. The Morgan fingerprint density at radius 3 is 2.55 bits per heavy atom. The van der Waals surface area contributed by atoms with Crippen LogP contribution in [0.1, 0.15) is 17.4 Å². The molecule has 0 aliphatic heterocycles. The third-order valence-corrected chi connectivity index (χ3v) is 2.72. The van der Waals surface area contributed by atoms with Crippen molar-refractivity contribution in [2.75, 3.05) is 18.4 Å². The Bertz CT molecular complexity index is 540. The highest BCUT2D eigenvalue weighted by Gasteiger charge is 2.22. The van der Waals surface area contributed by atoms with Crippen molar-refractivity contribution >= 4 is 40.2 Å². The minimum atomic E-state index is -1.28. The summed E-state index contributed by atoms with van der Waals surface area (Å²) < 4.78 is 0. The molecule has 4 N–H and O–H groups in total. The Morgan fingerprint density at radius 1 is 1.40 bits per heavy atom. The van der Waals surface area contributed by atoms with Crippen LogP contribution < -0.4 is 11.1 Å². The second-order valence-corrected chi connectivity index (χ2v) is 4.60. The number of carboxylic acids is 1. The average Bonchev–Trinajstić information content (AvgIpc) is 2.73. The second-order valence-electron chi connectivity index (χ2n) is 3.74. The molecule has 1 heterocycles. The highest BCUT2D eigenvalue weighted by atomic mass is 32.1. The first-order chi connectivity index (χ1) is 9.29. The Kier molecular flexibility index (Phi) is 5.15. The molecular weight excluding hydrogens is 288 g/mol. The molecule has 3 amide bonds. The van der Waals surface area contributed by atoms with Crippen molar-refractivity contribution in [2.45, 2.75) is 6.92 Å². The van der Waals surface area contributed by atoms with Crippen LogP contribution in [0.25, 0.3) is 0 Å². The van der Waals surface area contributed by atoms with E-state index < -0.39 is 30.9 Å². The van der Waals surface area contributed by atoms with Gasteiger partial charge in [0.25, 0.3) is 5.91 Å². The SMILES string of the molecule is CC(=O)Nc1nc(C(=O)N(CC(N)=O)CC(=O)O)cs1. The maximum absolute atomic E-state index is 12.0. The van der Waals surface area contributed by atoms with Crippen LogP contribution >= 0.6 is 11.3 Å². The first-order valence-electron chi connectivity index (χ1n) is 5.32. The van der Waals surface area contributed by atoms with Crippen LogP contribution in [0.2, 0.25) is 0 Å². The summed E-state index contributed by atoms with van der Waals surface area (Å²) in [5, 5.41) is 12.6. The number of nitrogens with one attached hydrogen (secondary N) is 1. The molecule has 0 aliphatic rings. The molecule has 10 heteroatoms. The fourth-order valence-corrected chi connectivity index (χ4v) is 2.02. The largest absolute Gasteiger partial charge is 0.480 e. The molecule has 108 valence electrons. The fraction of sp³-hybridized carbons (Fsp3) is 0.300. The van der Waals surface area contributed by atoms with Gasteiger partial charge in [-0.1, -0.05) is 0 Å². The standard InChI is InChI=1S/C10H12N4O5S/c1-5(15)12-10-13-6(4-20-10)9(19)14(2-7(11)16)3-8(17)18/h4H,2-3H2,1H3,(H2,11,16)(H,17,18)(H,12,13,15). The third-order valence-electron chi connectivity index (χ3n) is 1.97. The van der Waals surface area contributed by atoms with Crippen molar-refractivity contribution in [3.63, 3.8) is 0 Å². The van der Waals surface area contributed by atoms with Crippen LogP contribution in [-0.4, -0.2) is 51.8 Å². The van der Waals surface area contributed by atoms with E-state index in [-0.39, 0.29) is 16.7 Å². The summed E-state index contributed by atoms with van der Waals surface area (Å²) in [7, 11) is 0. The molecule has 1 aromatic heterocycles. The Balaban J connectivity index is 2.87. The number of rotatable bonds is 6. The zero-order valence-corrected chi connectivity index (χ0v) is 11.3. The zero-order chi connectivity index (χ0) is 15.3. The number of hydrogen-bond donors (Lipinski definition) is 3. The number of thiazole rings is 1. The van der Waals surface area contributed by atoms with Crippen LogP contribution in [0.15, 0.2) is 5.38 Å². The van der Waals surface area contributed by atoms with Gasteiger partial charge in [0, 0.05) is 12.3 Å². The maximum Gasteiger partial charge on any atom is 0.323 e. The minimum Gasteiger partial charge on any atom is -0.480 e. The van der Waals surface area contributed by atoms with Crippen molar-refractivity contribution in [3.05, 3.63) is 11.1 Å². The van der Waals surface area contributed by atoms with Crippen LogP contribution in [0.3, 0.4) is 0 Å². The van der Waals surface area contributed by atoms with Crippen LogP contribution in [0.5, 0.6) is 0 Å². The van der Waals surface area contributed by atoms with Gasteiger partial charge in [-0.2, -0.15) is 0 Å². The number of carbonyl (C=O) groups is 4. The molecule has 0 radical (unpaired) electrons. The lowest BCUT2D eigenvalue weighted by Crippen LogP contribution is -2.41. The van der Waals surface area contributed by atoms with Crippen LogP contribution in [-0.2, 0) is 14.4 Å². The summed E-state index contributed by atoms with van der Waals surface area (Å²) in [6, 6.07) is 0. The molecule has 0 bridgehead atoms. The smallest absolute Gasteiger partial charge is 0.323 e. The van der Waals surface area contributed by atoms with Gasteiger partial charge in [0.2, 0.25) is 11.8 Å². The topological polar surface area (TPSA) is 143 Å². The molecule has 20 heavy (non-hydrogen) atoms. The van der Waals surface area contributed by atoms with E-state index in [2.05, 4.69) is 10.3 Å². The van der Waals surface area contributed by atoms with E-state index in [1.807, 2.05) is 0 Å². The third kappa shape index (κ3) is 4.65. The molecule has 1 aromatic rings. The number of carboxylic acid groups (broad SMARTS) is 1. The lowest BCUT2D eigenvalue weighted by molar-refractivity contribution is -0.138. The average molecular weight is 300 g/mol. The number of nitrogens with two attached hydrogens (primary N) is 1. The van der Waals surface area contributed by atoms with Crippen LogP contribution in [0.4, 0.5) is 5.13 Å². The van der Waals surface area contributed by atoms with Gasteiger partial charge >= 0.3 is 5.97 Å². The number of amides is 3. The molecular formula is C10H12N4O5S. The number of aromatic nitrogens is 1. The summed E-state index contributed by atoms with van der Waals surface area (Å²) in [5.41, 5.74) is 4.89. The quantitative estimate of drug-likeness (QED) is 0.622. The monoisotopic (exact) mass is 300 g/mol.